The molecule has 2 N–H and O–H groups in total. The summed E-state index contributed by atoms with van der Waals surface area (Å²) in [6.45, 7) is 8.07. The molecule has 1 atom stereocenters. The second kappa shape index (κ2) is 6.12. The molecule has 0 aromatic carbocycles. The van der Waals surface area contributed by atoms with Crippen molar-refractivity contribution in [1.82, 2.24) is 10.6 Å². The molecule has 1 unspecified atom stereocenters. The second-order valence-electron chi connectivity index (χ2n) is 7.01. The van der Waals surface area contributed by atoms with E-state index >= 15 is 0 Å². The minimum Gasteiger partial charge on any atom is -0.444 e. The molecule has 0 aromatic rings. The largest absolute Gasteiger partial charge is 0.444 e. The molecule has 1 heterocycles. The van der Waals surface area contributed by atoms with Gasteiger partial charge in [0.25, 0.3) is 0 Å². The topological polar surface area (TPSA) is 50.4 Å². The van der Waals surface area contributed by atoms with Crippen molar-refractivity contribution in [1.29, 1.82) is 0 Å². The predicted molar refractivity (Wildman–Crippen MR) is 76.1 cm³/mol. The molecule has 0 aromatic heterocycles. The van der Waals surface area contributed by atoms with Gasteiger partial charge in [0.1, 0.15) is 5.60 Å². The summed E-state index contributed by atoms with van der Waals surface area (Å²) in [5, 5.41) is 6.46. The summed E-state index contributed by atoms with van der Waals surface area (Å²) in [6, 6.07) is 0.306. The highest BCUT2D eigenvalue weighted by Gasteiger charge is 2.30. The molecular formula is C15H28N2O2. The van der Waals surface area contributed by atoms with Crippen LogP contribution in [0.3, 0.4) is 0 Å². The van der Waals surface area contributed by atoms with Crippen LogP contribution in [0, 0.1) is 11.8 Å². The highest BCUT2D eigenvalue weighted by Crippen LogP contribution is 2.33. The maximum atomic E-state index is 11.7. The van der Waals surface area contributed by atoms with Gasteiger partial charge >= 0.3 is 6.09 Å². The summed E-state index contributed by atoms with van der Waals surface area (Å²) < 4.78 is 5.31. The molecule has 1 saturated carbocycles. The van der Waals surface area contributed by atoms with Gasteiger partial charge in [0, 0.05) is 6.04 Å². The van der Waals surface area contributed by atoms with Crippen molar-refractivity contribution in [3.8, 4) is 0 Å². The van der Waals surface area contributed by atoms with Gasteiger partial charge in [-0.05, 0) is 77.8 Å². The van der Waals surface area contributed by atoms with Crippen LogP contribution >= 0.6 is 0 Å². The quantitative estimate of drug-likeness (QED) is 0.809. The molecule has 1 amide bonds. The zero-order valence-electron chi connectivity index (χ0n) is 12.5. The number of nitrogens with one attached hydrogen (secondary N) is 2. The Bertz CT molecular complexity index is 298. The Morgan fingerprint density at radius 3 is 2.32 bits per heavy atom. The average Bonchev–Trinajstić information content (AvgIpc) is 2.80. The molecule has 19 heavy (non-hydrogen) atoms. The molecule has 2 rings (SSSR count). The summed E-state index contributed by atoms with van der Waals surface area (Å²) in [7, 11) is 0. The number of rotatable bonds is 2. The molecule has 0 bridgehead atoms. The standard InChI is InChI=1S/C15H28N2O2/c1-15(2,3)19-14(18)17-13-6-4-11(5-7-13)12-8-9-16-10-12/h11-13,16H,4-10H2,1-3H3,(H,17,18). The molecule has 2 fully saturated rings. The van der Waals surface area contributed by atoms with Crippen LogP contribution in [0.4, 0.5) is 4.79 Å². The van der Waals surface area contributed by atoms with Gasteiger partial charge in [-0.15, -0.1) is 0 Å². The van der Waals surface area contributed by atoms with Gasteiger partial charge in [0.15, 0.2) is 0 Å². The van der Waals surface area contributed by atoms with Crippen molar-refractivity contribution in [2.45, 2.75) is 64.5 Å². The van der Waals surface area contributed by atoms with Gasteiger partial charge in [0.2, 0.25) is 0 Å². The number of hydrogen-bond donors (Lipinski definition) is 2. The van der Waals surface area contributed by atoms with E-state index < -0.39 is 5.60 Å². The van der Waals surface area contributed by atoms with E-state index in [2.05, 4.69) is 10.6 Å². The van der Waals surface area contributed by atoms with Crippen LogP contribution in [-0.2, 0) is 4.74 Å². The van der Waals surface area contributed by atoms with E-state index in [9.17, 15) is 4.79 Å². The first-order valence-corrected chi connectivity index (χ1v) is 7.64. The Hall–Kier alpha value is -0.770. The third-order valence-corrected chi connectivity index (χ3v) is 4.26. The number of amides is 1. The first-order valence-electron chi connectivity index (χ1n) is 7.64. The van der Waals surface area contributed by atoms with Gasteiger partial charge < -0.3 is 15.4 Å². The van der Waals surface area contributed by atoms with E-state index in [1.807, 2.05) is 20.8 Å². The first-order chi connectivity index (χ1) is 8.94. The maximum absolute atomic E-state index is 11.7. The molecular weight excluding hydrogens is 240 g/mol. The van der Waals surface area contributed by atoms with Crippen LogP contribution in [0.2, 0.25) is 0 Å². The van der Waals surface area contributed by atoms with Gasteiger partial charge in [-0.25, -0.2) is 4.79 Å². The van der Waals surface area contributed by atoms with Crippen molar-refractivity contribution in [2.24, 2.45) is 11.8 Å². The van der Waals surface area contributed by atoms with Crippen molar-refractivity contribution >= 4 is 6.09 Å². The fourth-order valence-corrected chi connectivity index (χ4v) is 3.29. The molecule has 110 valence electrons. The van der Waals surface area contributed by atoms with Crippen LogP contribution in [0.1, 0.15) is 52.9 Å². The average molecular weight is 268 g/mol. The molecule has 4 heteroatoms. The number of hydrogen-bond acceptors (Lipinski definition) is 3. The van der Waals surface area contributed by atoms with Gasteiger partial charge in [0.05, 0.1) is 0 Å². The zero-order chi connectivity index (χ0) is 13.9. The normalized spacial score (nSPS) is 32.1. The van der Waals surface area contributed by atoms with Crippen LogP contribution in [0.5, 0.6) is 0 Å². The zero-order valence-corrected chi connectivity index (χ0v) is 12.5. The molecule has 2 aliphatic rings. The van der Waals surface area contributed by atoms with E-state index in [-0.39, 0.29) is 6.09 Å². The summed E-state index contributed by atoms with van der Waals surface area (Å²) in [4.78, 5) is 11.7. The summed E-state index contributed by atoms with van der Waals surface area (Å²) in [6.07, 6.45) is 5.74. The fourth-order valence-electron chi connectivity index (χ4n) is 3.29. The molecule has 4 nitrogen and oxygen atoms in total. The molecule has 1 aliphatic heterocycles. The van der Waals surface area contributed by atoms with Crippen LogP contribution < -0.4 is 10.6 Å². The summed E-state index contributed by atoms with van der Waals surface area (Å²) >= 11 is 0. The Morgan fingerprint density at radius 2 is 1.79 bits per heavy atom. The van der Waals surface area contributed by atoms with Gasteiger partial charge in [-0.1, -0.05) is 0 Å². The lowest BCUT2D eigenvalue weighted by Gasteiger charge is -2.32. The summed E-state index contributed by atoms with van der Waals surface area (Å²) in [5.74, 6) is 1.72. The van der Waals surface area contributed by atoms with E-state index in [1.54, 1.807) is 0 Å². The highest BCUT2D eigenvalue weighted by atomic mass is 16.6. The fraction of sp³-hybridized carbons (Fsp3) is 0.933. The van der Waals surface area contributed by atoms with E-state index in [1.165, 1.54) is 32.4 Å². The third kappa shape index (κ3) is 4.68. The lowest BCUT2D eigenvalue weighted by atomic mass is 9.78. The summed E-state index contributed by atoms with van der Waals surface area (Å²) in [5.41, 5.74) is -0.406. The monoisotopic (exact) mass is 268 g/mol. The van der Waals surface area contributed by atoms with E-state index in [0.29, 0.717) is 6.04 Å². The van der Waals surface area contributed by atoms with Gasteiger partial charge in [-0.3, -0.25) is 0 Å². The molecule has 1 aliphatic carbocycles. The smallest absolute Gasteiger partial charge is 0.407 e. The Balaban J connectivity index is 1.69. The lowest BCUT2D eigenvalue weighted by molar-refractivity contribution is 0.0483. The number of ether oxygens (including phenoxy) is 1. The SMILES string of the molecule is CC(C)(C)OC(=O)NC1CCC(C2CCNC2)CC1. The Kier molecular flexibility index (Phi) is 4.71. The van der Waals surface area contributed by atoms with E-state index in [4.69, 9.17) is 4.74 Å². The number of carbonyl (C=O) groups is 1. The second-order valence-corrected chi connectivity index (χ2v) is 7.01. The van der Waals surface area contributed by atoms with Gasteiger partial charge in [-0.2, -0.15) is 0 Å². The van der Waals surface area contributed by atoms with E-state index in [0.717, 1.165) is 24.7 Å². The van der Waals surface area contributed by atoms with Crippen LogP contribution in [-0.4, -0.2) is 30.8 Å². The molecule has 0 radical (unpaired) electrons. The predicted octanol–water partition coefficient (Wildman–Crippen LogP) is 2.68. The minimum absolute atomic E-state index is 0.265. The molecule has 0 spiro atoms. The van der Waals surface area contributed by atoms with Crippen molar-refractivity contribution in [3.05, 3.63) is 0 Å². The Labute approximate surface area is 116 Å². The lowest BCUT2D eigenvalue weighted by Crippen LogP contribution is -2.41. The maximum Gasteiger partial charge on any atom is 0.407 e. The van der Waals surface area contributed by atoms with Crippen molar-refractivity contribution in [2.75, 3.05) is 13.1 Å². The van der Waals surface area contributed by atoms with Crippen molar-refractivity contribution in [3.63, 3.8) is 0 Å². The van der Waals surface area contributed by atoms with Crippen LogP contribution in [0.25, 0.3) is 0 Å². The third-order valence-electron chi connectivity index (χ3n) is 4.26. The Morgan fingerprint density at radius 1 is 1.11 bits per heavy atom. The van der Waals surface area contributed by atoms with Crippen molar-refractivity contribution < 1.29 is 9.53 Å². The number of carbonyl (C=O) groups excluding carboxylic acids is 1. The minimum atomic E-state index is -0.406. The number of alkyl carbamates (subject to hydrolysis) is 1. The highest BCUT2D eigenvalue weighted by molar-refractivity contribution is 5.68. The first kappa shape index (κ1) is 14.6. The molecule has 1 saturated heterocycles. The van der Waals surface area contributed by atoms with Crippen LogP contribution in [0.15, 0.2) is 0 Å².